The zero-order valence-electron chi connectivity index (χ0n) is 20.9. The number of nitrogens with one attached hydrogen (secondary N) is 2. The minimum Gasteiger partial charge on any atom is -0.481 e. The van der Waals surface area contributed by atoms with E-state index in [4.69, 9.17) is 11.6 Å². The van der Waals surface area contributed by atoms with Crippen LogP contribution in [0.15, 0.2) is 65.7 Å². The van der Waals surface area contributed by atoms with Gasteiger partial charge in [0, 0.05) is 70.5 Å². The van der Waals surface area contributed by atoms with Crippen molar-refractivity contribution in [2.75, 3.05) is 16.4 Å². The second-order valence-electron chi connectivity index (χ2n) is 9.46. The first-order chi connectivity index (χ1) is 18.2. The summed E-state index contributed by atoms with van der Waals surface area (Å²) < 4.78 is 2.13. The van der Waals surface area contributed by atoms with E-state index in [2.05, 4.69) is 21.3 Å². The lowest BCUT2D eigenvalue weighted by atomic mass is 10.0. The number of benzene rings is 3. The van der Waals surface area contributed by atoms with Crippen molar-refractivity contribution in [1.82, 2.24) is 4.57 Å². The molecule has 38 heavy (non-hydrogen) atoms. The number of halogens is 1. The van der Waals surface area contributed by atoms with Crippen LogP contribution in [0.25, 0.3) is 22.0 Å². The number of carbonyl (C=O) groups is 3. The molecule has 1 aliphatic heterocycles. The van der Waals surface area contributed by atoms with E-state index in [1.807, 2.05) is 48.7 Å². The Balaban J connectivity index is 1.59. The van der Waals surface area contributed by atoms with Gasteiger partial charge in [0.1, 0.15) is 0 Å². The number of fused-ring (bicyclic) bond motifs is 2. The predicted octanol–water partition coefficient (Wildman–Crippen LogP) is 6.40. The predicted molar refractivity (Wildman–Crippen MR) is 152 cm³/mol. The Morgan fingerprint density at radius 1 is 0.974 bits per heavy atom. The van der Waals surface area contributed by atoms with Crippen LogP contribution < -0.4 is 10.6 Å². The highest BCUT2D eigenvalue weighted by Gasteiger charge is 2.25. The Labute approximate surface area is 229 Å². The number of anilines is 2. The molecule has 1 aliphatic rings. The number of rotatable bonds is 7. The van der Waals surface area contributed by atoms with Gasteiger partial charge in [-0.3, -0.25) is 14.4 Å². The van der Waals surface area contributed by atoms with Gasteiger partial charge in [-0.2, -0.15) is 0 Å². The van der Waals surface area contributed by atoms with Crippen molar-refractivity contribution in [2.24, 2.45) is 0 Å². The summed E-state index contributed by atoms with van der Waals surface area (Å²) in [5.41, 5.74) is 5.70. The van der Waals surface area contributed by atoms with E-state index in [-0.39, 0.29) is 24.2 Å². The molecule has 0 bridgehead atoms. The largest absolute Gasteiger partial charge is 0.481 e. The molecule has 3 aromatic carbocycles. The molecule has 1 aromatic heterocycles. The van der Waals surface area contributed by atoms with Gasteiger partial charge in [0.15, 0.2) is 0 Å². The van der Waals surface area contributed by atoms with Crippen molar-refractivity contribution in [2.45, 2.75) is 37.6 Å². The van der Waals surface area contributed by atoms with Gasteiger partial charge >= 0.3 is 5.97 Å². The Bertz CT molecular complexity index is 1560. The summed E-state index contributed by atoms with van der Waals surface area (Å²) >= 11 is 8.10. The van der Waals surface area contributed by atoms with Crippen molar-refractivity contribution < 1.29 is 19.5 Å². The van der Waals surface area contributed by atoms with Crippen LogP contribution >= 0.6 is 23.4 Å². The van der Waals surface area contributed by atoms with Gasteiger partial charge in [0.25, 0.3) is 0 Å². The van der Waals surface area contributed by atoms with Crippen LogP contribution in [0, 0.1) is 0 Å². The van der Waals surface area contributed by atoms with Crippen LogP contribution in [0.2, 0.25) is 5.02 Å². The van der Waals surface area contributed by atoms with Crippen molar-refractivity contribution >= 4 is 63.4 Å². The van der Waals surface area contributed by atoms with E-state index in [1.54, 1.807) is 17.8 Å². The van der Waals surface area contributed by atoms with Crippen LogP contribution in [0.5, 0.6) is 0 Å². The van der Waals surface area contributed by atoms with Crippen molar-refractivity contribution in [3.8, 4) is 11.1 Å². The number of aliphatic carboxylic acids is 1. The molecule has 2 heterocycles. The van der Waals surface area contributed by atoms with Gasteiger partial charge in [-0.05, 0) is 64.7 Å². The minimum absolute atomic E-state index is 0.0740. The van der Waals surface area contributed by atoms with Crippen LogP contribution in [-0.2, 0) is 27.3 Å². The number of nitrogens with zero attached hydrogens (tertiary/aromatic N) is 1. The lowest BCUT2D eigenvalue weighted by Gasteiger charge is -2.15. The Kier molecular flexibility index (Phi) is 7.19. The molecule has 2 amide bonds. The third kappa shape index (κ3) is 5.56. The summed E-state index contributed by atoms with van der Waals surface area (Å²) in [6.07, 6.45) is 1.86. The minimum atomic E-state index is -0.885. The molecule has 7 nitrogen and oxygen atoms in total. The number of carboxylic acids is 1. The molecule has 0 spiro atoms. The molecule has 0 fully saturated rings. The average Bonchev–Trinajstić information content (AvgIpc) is 3.38. The maximum atomic E-state index is 11.7. The normalized spacial score (nSPS) is 14.3. The van der Waals surface area contributed by atoms with Crippen LogP contribution in [-0.4, -0.2) is 33.2 Å². The number of carbonyl (C=O) groups excluding carboxylic acids is 2. The summed E-state index contributed by atoms with van der Waals surface area (Å²) in [4.78, 5) is 36.3. The Morgan fingerprint density at radius 3 is 2.34 bits per heavy atom. The standard InChI is InChI=1S/C29H26ClN3O4S/c1-16(34)31-23-7-19(8-24(12-23)32-17(2)35)18-3-5-25-20(10-29(36)37)13-33(27(25)9-18)14-21-15-38-28-6-4-22(30)11-26(21)28/h3-9,11-13,21H,10,14-15H2,1-2H3,(H,31,34)(H,32,35)(H,36,37). The molecule has 1 atom stereocenters. The fourth-order valence-corrected chi connectivity index (χ4v) is 6.39. The van der Waals surface area contributed by atoms with Crippen LogP contribution in [0.1, 0.15) is 30.9 Å². The SMILES string of the molecule is CC(=O)Nc1cc(NC(C)=O)cc(-c2ccc3c(CC(=O)O)cn(CC4CSc5ccc(Cl)cc54)c3c2)c1. The summed E-state index contributed by atoms with van der Waals surface area (Å²) in [5, 5.41) is 16.7. The van der Waals surface area contributed by atoms with Gasteiger partial charge in [-0.15, -0.1) is 11.8 Å². The maximum Gasteiger partial charge on any atom is 0.307 e. The molecule has 1 unspecified atom stereocenters. The van der Waals surface area contributed by atoms with Gasteiger partial charge in [-0.25, -0.2) is 0 Å². The molecular weight excluding hydrogens is 522 g/mol. The van der Waals surface area contributed by atoms with Crippen LogP contribution in [0.3, 0.4) is 0 Å². The number of hydrogen-bond acceptors (Lipinski definition) is 4. The lowest BCUT2D eigenvalue weighted by molar-refractivity contribution is -0.136. The molecule has 3 N–H and O–H groups in total. The molecule has 0 saturated heterocycles. The highest BCUT2D eigenvalue weighted by Crippen LogP contribution is 2.42. The molecule has 194 valence electrons. The first-order valence-electron chi connectivity index (χ1n) is 12.1. The van der Waals surface area contributed by atoms with Crippen molar-refractivity contribution in [3.63, 3.8) is 0 Å². The number of aromatic nitrogens is 1. The molecule has 0 saturated carbocycles. The van der Waals surface area contributed by atoms with Gasteiger partial charge < -0.3 is 20.3 Å². The number of amides is 2. The third-order valence-electron chi connectivity index (χ3n) is 6.48. The summed E-state index contributed by atoms with van der Waals surface area (Å²) in [5.74, 6) is -0.159. The summed E-state index contributed by atoms with van der Waals surface area (Å²) in [6, 6.07) is 17.3. The summed E-state index contributed by atoms with van der Waals surface area (Å²) in [7, 11) is 0. The maximum absolute atomic E-state index is 11.7. The zero-order chi connectivity index (χ0) is 27.0. The lowest BCUT2D eigenvalue weighted by Crippen LogP contribution is -2.09. The van der Waals surface area contributed by atoms with E-state index in [9.17, 15) is 19.5 Å². The van der Waals surface area contributed by atoms with E-state index in [1.165, 1.54) is 24.3 Å². The fourth-order valence-electron chi connectivity index (χ4n) is 4.99. The van der Waals surface area contributed by atoms with E-state index < -0.39 is 5.97 Å². The van der Waals surface area contributed by atoms with Crippen molar-refractivity contribution in [1.29, 1.82) is 0 Å². The van der Waals surface area contributed by atoms with Gasteiger partial charge in [-0.1, -0.05) is 23.7 Å². The Hall–Kier alpha value is -3.75. The van der Waals surface area contributed by atoms with E-state index in [0.29, 0.717) is 22.9 Å². The molecule has 0 radical (unpaired) electrons. The second kappa shape index (κ2) is 10.6. The fraction of sp³-hybridized carbons (Fsp3) is 0.207. The third-order valence-corrected chi connectivity index (χ3v) is 7.97. The number of hydrogen-bond donors (Lipinski definition) is 3. The monoisotopic (exact) mass is 547 g/mol. The van der Waals surface area contributed by atoms with E-state index >= 15 is 0 Å². The molecule has 4 aromatic rings. The highest BCUT2D eigenvalue weighted by molar-refractivity contribution is 7.99. The highest BCUT2D eigenvalue weighted by atomic mass is 35.5. The first kappa shape index (κ1) is 25.9. The number of carboxylic acid groups (broad SMARTS) is 1. The van der Waals surface area contributed by atoms with Gasteiger partial charge in [0.05, 0.1) is 6.42 Å². The average molecular weight is 548 g/mol. The molecule has 9 heteroatoms. The van der Waals surface area contributed by atoms with Crippen molar-refractivity contribution in [3.05, 3.63) is 76.9 Å². The molecule has 0 aliphatic carbocycles. The zero-order valence-corrected chi connectivity index (χ0v) is 22.4. The smallest absolute Gasteiger partial charge is 0.307 e. The molecular formula is C29H26ClN3O4S. The summed E-state index contributed by atoms with van der Waals surface area (Å²) in [6.45, 7) is 3.55. The topological polar surface area (TPSA) is 100 Å². The first-order valence-corrected chi connectivity index (χ1v) is 13.5. The number of thioether (sulfide) groups is 1. The second-order valence-corrected chi connectivity index (χ2v) is 11.0. The van der Waals surface area contributed by atoms with E-state index in [0.717, 1.165) is 33.3 Å². The molecule has 5 rings (SSSR count). The van der Waals surface area contributed by atoms with Gasteiger partial charge in [0.2, 0.25) is 11.8 Å². The Morgan fingerprint density at radius 2 is 1.68 bits per heavy atom. The van der Waals surface area contributed by atoms with Crippen LogP contribution in [0.4, 0.5) is 11.4 Å². The quantitative estimate of drug-likeness (QED) is 0.249.